The van der Waals surface area contributed by atoms with Gasteiger partial charge >= 0.3 is 5.97 Å². The Bertz CT molecular complexity index is 1030. The first kappa shape index (κ1) is 24.8. The van der Waals surface area contributed by atoms with E-state index in [1.165, 1.54) is 5.56 Å². The van der Waals surface area contributed by atoms with Gasteiger partial charge in [-0.05, 0) is 47.4 Å². The average molecular weight is 481 g/mol. The second-order valence-electron chi connectivity index (χ2n) is 8.54. The Balaban J connectivity index is 1.28. The molecular formula is C26H32N4O5. The first-order valence-electron chi connectivity index (χ1n) is 11.9. The highest BCUT2D eigenvalue weighted by atomic mass is 16.6. The summed E-state index contributed by atoms with van der Waals surface area (Å²) in [6, 6.07) is 13.3. The molecule has 2 aliphatic heterocycles. The summed E-state index contributed by atoms with van der Waals surface area (Å²) in [4.78, 5) is 26.8. The zero-order valence-electron chi connectivity index (χ0n) is 20.1. The summed E-state index contributed by atoms with van der Waals surface area (Å²) < 4.78 is 15.4. The monoisotopic (exact) mass is 480 g/mol. The maximum atomic E-state index is 12.7. The van der Waals surface area contributed by atoms with Crippen LogP contribution in [0.4, 0.5) is 5.69 Å². The van der Waals surface area contributed by atoms with Gasteiger partial charge in [-0.3, -0.25) is 19.5 Å². The fourth-order valence-corrected chi connectivity index (χ4v) is 4.03. The number of morpholine rings is 1. The summed E-state index contributed by atoms with van der Waals surface area (Å²) in [5.41, 5.74) is 4.63. The van der Waals surface area contributed by atoms with Gasteiger partial charge in [0.1, 0.15) is 6.61 Å². The Hall–Kier alpha value is -3.27. The number of fused-ring (bicyclic) bond motifs is 1. The number of methoxy groups -OCH3 is 1. The largest absolute Gasteiger partial charge is 0.462 e. The van der Waals surface area contributed by atoms with Crippen molar-refractivity contribution in [2.75, 3.05) is 65.0 Å². The first-order chi connectivity index (χ1) is 17.1. The van der Waals surface area contributed by atoms with E-state index in [9.17, 15) is 9.59 Å². The van der Waals surface area contributed by atoms with Gasteiger partial charge < -0.3 is 19.5 Å². The molecule has 186 valence electrons. The summed E-state index contributed by atoms with van der Waals surface area (Å²) in [6.07, 6.45) is 2.61. The number of hydrogen-bond donors (Lipinski definition) is 1. The molecule has 0 unspecified atom stereocenters. The molecule has 1 N–H and O–H groups in total. The highest BCUT2D eigenvalue weighted by molar-refractivity contribution is 6.04. The third kappa shape index (κ3) is 7.35. The predicted molar refractivity (Wildman–Crippen MR) is 133 cm³/mol. The highest BCUT2D eigenvalue weighted by Crippen LogP contribution is 2.23. The molecular weight excluding hydrogens is 448 g/mol. The fraction of sp³-hybridized carbons (Fsp3) is 0.423. The molecule has 0 bridgehead atoms. The molecule has 9 heteroatoms. The van der Waals surface area contributed by atoms with Gasteiger partial charge in [0.05, 0.1) is 45.7 Å². The van der Waals surface area contributed by atoms with Crippen LogP contribution in [-0.4, -0.2) is 87.7 Å². The minimum Gasteiger partial charge on any atom is -0.462 e. The van der Waals surface area contributed by atoms with Crippen LogP contribution < -0.4 is 5.32 Å². The molecule has 2 aromatic carbocycles. The summed E-state index contributed by atoms with van der Waals surface area (Å²) >= 11 is 0. The Morgan fingerprint density at radius 2 is 1.86 bits per heavy atom. The van der Waals surface area contributed by atoms with Gasteiger partial charge in [0, 0.05) is 31.5 Å². The Labute approximate surface area is 205 Å². The molecule has 9 nitrogen and oxygen atoms in total. The number of benzene rings is 2. The molecule has 1 saturated heterocycles. The number of carbonyl (C=O) groups is 2. The van der Waals surface area contributed by atoms with Crippen LogP contribution in [0.2, 0.25) is 0 Å². The zero-order chi connectivity index (χ0) is 24.5. The van der Waals surface area contributed by atoms with Crippen molar-refractivity contribution in [1.29, 1.82) is 0 Å². The van der Waals surface area contributed by atoms with Crippen molar-refractivity contribution in [3.8, 4) is 0 Å². The molecule has 2 aliphatic rings. The lowest BCUT2D eigenvalue weighted by atomic mass is 9.99. The van der Waals surface area contributed by atoms with E-state index in [0.29, 0.717) is 31.9 Å². The number of nitrogens with one attached hydrogen (secondary N) is 1. The van der Waals surface area contributed by atoms with Crippen molar-refractivity contribution < 1.29 is 23.8 Å². The first-order valence-corrected chi connectivity index (χ1v) is 11.9. The van der Waals surface area contributed by atoms with E-state index < -0.39 is 0 Å². The van der Waals surface area contributed by atoms with Crippen molar-refractivity contribution in [1.82, 2.24) is 9.91 Å². The second-order valence-corrected chi connectivity index (χ2v) is 8.54. The average Bonchev–Trinajstić information content (AvgIpc) is 2.88. The number of nitrogens with zero attached hydrogens (tertiary/aromatic N) is 3. The second kappa shape index (κ2) is 12.4. The van der Waals surface area contributed by atoms with Crippen molar-refractivity contribution in [3.63, 3.8) is 0 Å². The van der Waals surface area contributed by atoms with Crippen LogP contribution in [0.25, 0.3) is 0 Å². The minimum atomic E-state index is -0.243. The molecule has 0 aliphatic carbocycles. The molecule has 0 atom stereocenters. The van der Waals surface area contributed by atoms with E-state index >= 15 is 0 Å². The maximum absolute atomic E-state index is 12.7. The lowest BCUT2D eigenvalue weighted by Crippen LogP contribution is -2.35. The number of ether oxygens (including phenoxy) is 3. The van der Waals surface area contributed by atoms with Crippen LogP contribution in [0.1, 0.15) is 27.0 Å². The third-order valence-corrected chi connectivity index (χ3v) is 5.99. The maximum Gasteiger partial charge on any atom is 0.320 e. The standard InChI is InChI=1S/C26H32N4O5/c1-33-14-15-35-25(31)19-29-9-8-22-16-24(7-6-23(22)18-29)28-26(32)21-4-2-20(3-5-21)17-27-30-10-12-34-13-11-30/h2-7,16-17H,8-15,18-19H2,1H3,(H,28,32)/b27-17+. The molecule has 1 amide bonds. The van der Waals surface area contributed by atoms with Crippen LogP contribution in [0, 0.1) is 0 Å². The lowest BCUT2D eigenvalue weighted by molar-refractivity contribution is -0.146. The van der Waals surface area contributed by atoms with Crippen LogP contribution in [0.5, 0.6) is 0 Å². The van der Waals surface area contributed by atoms with Gasteiger partial charge in [-0.25, -0.2) is 0 Å². The summed E-state index contributed by atoms with van der Waals surface area (Å²) in [5, 5.41) is 9.44. The molecule has 0 aromatic heterocycles. The SMILES string of the molecule is COCCOC(=O)CN1CCc2cc(NC(=O)c3ccc(/C=N/N4CCOCC4)cc3)ccc2C1. The zero-order valence-corrected chi connectivity index (χ0v) is 20.1. The molecule has 0 spiro atoms. The van der Waals surface area contributed by atoms with Gasteiger partial charge in [-0.15, -0.1) is 0 Å². The van der Waals surface area contributed by atoms with E-state index in [-0.39, 0.29) is 25.0 Å². The van der Waals surface area contributed by atoms with Gasteiger partial charge in [-0.2, -0.15) is 5.10 Å². The van der Waals surface area contributed by atoms with E-state index in [0.717, 1.165) is 42.9 Å². The quantitative estimate of drug-likeness (QED) is 0.334. The van der Waals surface area contributed by atoms with Gasteiger partial charge in [0.25, 0.3) is 5.91 Å². The van der Waals surface area contributed by atoms with Crippen molar-refractivity contribution in [3.05, 3.63) is 64.7 Å². The van der Waals surface area contributed by atoms with Gasteiger partial charge in [-0.1, -0.05) is 18.2 Å². The minimum absolute atomic E-state index is 0.155. The van der Waals surface area contributed by atoms with Gasteiger partial charge in [0.15, 0.2) is 0 Å². The van der Waals surface area contributed by atoms with Crippen LogP contribution in [-0.2, 0) is 32.0 Å². The molecule has 1 fully saturated rings. The molecule has 4 rings (SSSR count). The van der Waals surface area contributed by atoms with Gasteiger partial charge in [0.2, 0.25) is 0 Å². The number of carbonyl (C=O) groups excluding carboxylic acids is 2. The number of hydrogen-bond acceptors (Lipinski definition) is 8. The fourth-order valence-electron chi connectivity index (χ4n) is 4.03. The Morgan fingerprint density at radius 1 is 1.06 bits per heavy atom. The number of amides is 1. The Morgan fingerprint density at radius 3 is 2.63 bits per heavy atom. The molecule has 35 heavy (non-hydrogen) atoms. The number of hydrazone groups is 1. The van der Waals surface area contributed by atoms with Crippen molar-refractivity contribution >= 4 is 23.8 Å². The summed E-state index contributed by atoms with van der Waals surface area (Å²) in [7, 11) is 1.58. The predicted octanol–water partition coefficient (Wildman–Crippen LogP) is 2.15. The third-order valence-electron chi connectivity index (χ3n) is 5.99. The molecule has 0 saturated carbocycles. The van der Waals surface area contributed by atoms with Crippen molar-refractivity contribution in [2.45, 2.75) is 13.0 Å². The highest BCUT2D eigenvalue weighted by Gasteiger charge is 2.20. The number of rotatable bonds is 9. The Kier molecular flexibility index (Phi) is 8.83. The molecule has 0 radical (unpaired) electrons. The summed E-state index contributed by atoms with van der Waals surface area (Å²) in [5.74, 6) is -0.398. The van der Waals surface area contributed by atoms with Crippen LogP contribution >= 0.6 is 0 Å². The molecule has 2 heterocycles. The van der Waals surface area contributed by atoms with Crippen LogP contribution in [0.3, 0.4) is 0 Å². The number of esters is 1. The molecule has 2 aromatic rings. The lowest BCUT2D eigenvalue weighted by Gasteiger charge is -2.28. The van der Waals surface area contributed by atoms with E-state index in [1.54, 1.807) is 25.5 Å². The normalized spacial score (nSPS) is 16.2. The summed E-state index contributed by atoms with van der Waals surface area (Å²) in [6.45, 7) is 5.34. The van der Waals surface area contributed by atoms with E-state index in [4.69, 9.17) is 14.2 Å². The smallest absolute Gasteiger partial charge is 0.320 e. The number of anilines is 1. The van der Waals surface area contributed by atoms with E-state index in [2.05, 4.69) is 15.3 Å². The van der Waals surface area contributed by atoms with Crippen LogP contribution in [0.15, 0.2) is 47.6 Å². The van der Waals surface area contributed by atoms with Crippen molar-refractivity contribution in [2.24, 2.45) is 5.10 Å². The topological polar surface area (TPSA) is 92.7 Å². The van der Waals surface area contributed by atoms with E-state index in [1.807, 2.05) is 35.3 Å².